The molecule has 2 aliphatic rings. The molecular formula is C16H23N3O. The average molecular weight is 273 g/mol. The van der Waals surface area contributed by atoms with Crippen LogP contribution in [0.2, 0.25) is 0 Å². The van der Waals surface area contributed by atoms with E-state index in [2.05, 4.69) is 11.5 Å². The van der Waals surface area contributed by atoms with Gasteiger partial charge in [0.05, 0.1) is 0 Å². The Bertz CT molecular complexity index is 509. The molecule has 0 radical (unpaired) electrons. The second-order valence-corrected chi connectivity index (χ2v) is 6.46. The lowest BCUT2D eigenvalue weighted by molar-refractivity contribution is 0.336. The number of benzene rings is 1. The summed E-state index contributed by atoms with van der Waals surface area (Å²) in [6.07, 6.45) is 3.18. The minimum Gasteiger partial charge on any atom is -0.508 e. The molecule has 1 aromatic rings. The number of rotatable bonds is 3. The lowest BCUT2D eigenvalue weighted by Gasteiger charge is -2.32. The maximum atomic E-state index is 9.33. The van der Waals surface area contributed by atoms with Gasteiger partial charge in [-0.25, -0.2) is 0 Å². The van der Waals surface area contributed by atoms with Gasteiger partial charge in [-0.15, -0.1) is 0 Å². The predicted octanol–water partition coefficient (Wildman–Crippen LogP) is 1.30. The third-order valence-corrected chi connectivity index (χ3v) is 4.94. The van der Waals surface area contributed by atoms with Crippen LogP contribution in [0.1, 0.15) is 24.8 Å². The first-order valence-electron chi connectivity index (χ1n) is 7.19. The van der Waals surface area contributed by atoms with Crippen LogP contribution in [0.5, 0.6) is 5.75 Å². The molecule has 3 rings (SSSR count). The Balaban J connectivity index is 1.68. The molecule has 0 aromatic heterocycles. The highest BCUT2D eigenvalue weighted by Crippen LogP contribution is 2.41. The average Bonchev–Trinajstić information content (AvgIpc) is 2.77. The first kappa shape index (κ1) is 13.6. The van der Waals surface area contributed by atoms with Gasteiger partial charge in [-0.2, -0.15) is 0 Å². The summed E-state index contributed by atoms with van der Waals surface area (Å²) < 4.78 is 0. The Morgan fingerprint density at radius 1 is 1.15 bits per heavy atom. The van der Waals surface area contributed by atoms with Crippen molar-refractivity contribution in [1.29, 1.82) is 0 Å². The predicted molar refractivity (Wildman–Crippen MR) is 81.3 cm³/mol. The Labute approximate surface area is 120 Å². The second kappa shape index (κ2) is 4.58. The molecule has 4 heteroatoms. The Kier molecular flexibility index (Phi) is 3.12. The highest BCUT2D eigenvalue weighted by Gasteiger charge is 2.55. The van der Waals surface area contributed by atoms with Crippen molar-refractivity contribution >= 4 is 5.57 Å². The minimum atomic E-state index is -0.234. The van der Waals surface area contributed by atoms with Crippen LogP contribution in [0.4, 0.5) is 0 Å². The third-order valence-electron chi connectivity index (χ3n) is 4.94. The van der Waals surface area contributed by atoms with Crippen molar-refractivity contribution in [2.75, 3.05) is 19.6 Å². The van der Waals surface area contributed by atoms with Crippen molar-refractivity contribution in [2.24, 2.45) is 11.5 Å². The normalized spacial score (nSPS) is 33.3. The lowest BCUT2D eigenvalue weighted by Crippen LogP contribution is -2.61. The number of phenolic OH excluding ortho intramolecular Hbond substituents is 1. The van der Waals surface area contributed by atoms with Gasteiger partial charge in [0.15, 0.2) is 0 Å². The summed E-state index contributed by atoms with van der Waals surface area (Å²) in [5.41, 5.74) is 14.6. The van der Waals surface area contributed by atoms with E-state index in [-0.39, 0.29) is 16.8 Å². The zero-order valence-corrected chi connectivity index (χ0v) is 11.8. The summed E-state index contributed by atoms with van der Waals surface area (Å²) in [6, 6.07) is 7.16. The van der Waals surface area contributed by atoms with E-state index in [1.165, 1.54) is 0 Å². The fourth-order valence-corrected chi connectivity index (χ4v) is 3.71. The maximum Gasteiger partial charge on any atom is 0.115 e. The zero-order chi connectivity index (χ0) is 14.4. The summed E-state index contributed by atoms with van der Waals surface area (Å²) in [4.78, 5) is 2.31. The molecule has 4 nitrogen and oxygen atoms in total. The van der Waals surface area contributed by atoms with Crippen LogP contribution in [0.3, 0.4) is 0 Å². The van der Waals surface area contributed by atoms with Crippen LogP contribution in [-0.4, -0.2) is 40.7 Å². The Morgan fingerprint density at radius 2 is 1.70 bits per heavy atom. The number of fused-ring (bicyclic) bond motifs is 1. The molecule has 1 aromatic carbocycles. The molecule has 0 spiro atoms. The number of nitrogens with two attached hydrogens (primary N) is 2. The molecule has 0 unspecified atom stereocenters. The van der Waals surface area contributed by atoms with Gasteiger partial charge in [0.25, 0.3) is 0 Å². The summed E-state index contributed by atoms with van der Waals surface area (Å²) >= 11 is 0. The van der Waals surface area contributed by atoms with Gasteiger partial charge < -0.3 is 16.6 Å². The third kappa shape index (κ3) is 2.14. The SMILES string of the molecule is C=C(CN1C[C@]2(N)CCC[C@]2(N)C1)c1ccc(O)cc1. The molecule has 0 amide bonds. The van der Waals surface area contributed by atoms with E-state index in [9.17, 15) is 5.11 Å². The second-order valence-electron chi connectivity index (χ2n) is 6.46. The molecule has 1 aliphatic carbocycles. The standard InChI is InChI=1S/C16H23N3O/c1-12(13-3-5-14(20)6-4-13)9-19-10-15(17)7-2-8-16(15,18)11-19/h3-6,20H,1-2,7-11,17-18H2/t15-,16+. The summed E-state index contributed by atoms with van der Waals surface area (Å²) in [5, 5.41) is 9.33. The van der Waals surface area contributed by atoms with Crippen LogP contribution in [0.15, 0.2) is 30.8 Å². The molecule has 2 atom stereocenters. The molecule has 0 bridgehead atoms. The molecule has 5 N–H and O–H groups in total. The number of hydrogen-bond acceptors (Lipinski definition) is 4. The van der Waals surface area contributed by atoms with E-state index < -0.39 is 0 Å². The van der Waals surface area contributed by atoms with Crippen molar-refractivity contribution in [2.45, 2.75) is 30.3 Å². The summed E-state index contributed by atoms with van der Waals surface area (Å²) in [5.74, 6) is 0.277. The number of likely N-dealkylation sites (tertiary alicyclic amines) is 1. The molecular weight excluding hydrogens is 250 g/mol. The summed E-state index contributed by atoms with van der Waals surface area (Å²) in [7, 11) is 0. The maximum absolute atomic E-state index is 9.33. The van der Waals surface area contributed by atoms with Crippen LogP contribution >= 0.6 is 0 Å². The van der Waals surface area contributed by atoms with Gasteiger partial charge in [-0.05, 0) is 42.5 Å². The van der Waals surface area contributed by atoms with Crippen LogP contribution in [0.25, 0.3) is 5.57 Å². The van der Waals surface area contributed by atoms with E-state index in [1.54, 1.807) is 12.1 Å². The van der Waals surface area contributed by atoms with Crippen LogP contribution in [-0.2, 0) is 0 Å². The van der Waals surface area contributed by atoms with Gasteiger partial charge in [-0.3, -0.25) is 4.90 Å². The molecule has 20 heavy (non-hydrogen) atoms. The lowest BCUT2D eigenvalue weighted by atomic mass is 9.85. The number of nitrogens with zero attached hydrogens (tertiary/aromatic N) is 1. The van der Waals surface area contributed by atoms with E-state index in [0.717, 1.165) is 50.0 Å². The van der Waals surface area contributed by atoms with E-state index in [1.807, 2.05) is 12.1 Å². The van der Waals surface area contributed by atoms with Gasteiger partial charge in [-0.1, -0.05) is 18.7 Å². The Morgan fingerprint density at radius 3 is 2.25 bits per heavy atom. The van der Waals surface area contributed by atoms with Crippen LogP contribution < -0.4 is 11.5 Å². The molecule has 1 saturated carbocycles. The van der Waals surface area contributed by atoms with E-state index in [4.69, 9.17) is 11.5 Å². The molecule has 1 heterocycles. The molecule has 2 fully saturated rings. The van der Waals surface area contributed by atoms with E-state index >= 15 is 0 Å². The van der Waals surface area contributed by atoms with Crippen molar-refractivity contribution in [3.8, 4) is 5.75 Å². The largest absolute Gasteiger partial charge is 0.508 e. The fourth-order valence-electron chi connectivity index (χ4n) is 3.71. The van der Waals surface area contributed by atoms with Crippen molar-refractivity contribution in [3.05, 3.63) is 36.4 Å². The quantitative estimate of drug-likeness (QED) is 0.776. The van der Waals surface area contributed by atoms with Crippen molar-refractivity contribution < 1.29 is 5.11 Å². The Hall–Kier alpha value is -1.36. The van der Waals surface area contributed by atoms with Gasteiger partial charge in [0, 0.05) is 30.7 Å². The minimum absolute atomic E-state index is 0.234. The van der Waals surface area contributed by atoms with Gasteiger partial charge >= 0.3 is 0 Å². The topological polar surface area (TPSA) is 75.5 Å². The van der Waals surface area contributed by atoms with E-state index in [0.29, 0.717) is 0 Å². The smallest absolute Gasteiger partial charge is 0.115 e. The number of phenols is 1. The monoisotopic (exact) mass is 273 g/mol. The van der Waals surface area contributed by atoms with Gasteiger partial charge in [0.2, 0.25) is 0 Å². The highest BCUT2D eigenvalue weighted by atomic mass is 16.3. The highest BCUT2D eigenvalue weighted by molar-refractivity contribution is 5.65. The van der Waals surface area contributed by atoms with Crippen LogP contribution in [0, 0.1) is 0 Å². The van der Waals surface area contributed by atoms with Gasteiger partial charge in [0.1, 0.15) is 5.75 Å². The fraction of sp³-hybridized carbons (Fsp3) is 0.500. The molecule has 1 aliphatic heterocycles. The van der Waals surface area contributed by atoms with Crippen molar-refractivity contribution in [1.82, 2.24) is 4.90 Å². The molecule has 1 saturated heterocycles. The first-order valence-corrected chi connectivity index (χ1v) is 7.19. The first-order chi connectivity index (χ1) is 9.42. The zero-order valence-electron chi connectivity index (χ0n) is 11.8. The summed E-state index contributed by atoms with van der Waals surface area (Å²) in [6.45, 7) is 6.63. The molecule has 108 valence electrons. The van der Waals surface area contributed by atoms with Crippen molar-refractivity contribution in [3.63, 3.8) is 0 Å². The number of hydrogen-bond donors (Lipinski definition) is 3. The number of aromatic hydroxyl groups is 1.